The molecule has 0 saturated heterocycles. The highest BCUT2D eigenvalue weighted by Gasteiger charge is 2.23. The minimum Gasteiger partial charge on any atom is -0.319 e. The minimum atomic E-state index is -3.62. The van der Waals surface area contributed by atoms with E-state index in [4.69, 9.17) is 0 Å². The summed E-state index contributed by atoms with van der Waals surface area (Å²) in [6.45, 7) is 0.818. The van der Waals surface area contributed by atoms with Crippen LogP contribution in [0.25, 0.3) is 10.9 Å². The van der Waals surface area contributed by atoms with Gasteiger partial charge in [0.2, 0.25) is 9.84 Å². The number of aromatic amines is 1. The first-order valence-corrected chi connectivity index (χ1v) is 8.53. The van der Waals surface area contributed by atoms with Gasteiger partial charge in [-0.3, -0.25) is 5.10 Å². The lowest BCUT2D eigenvalue weighted by Crippen LogP contribution is -2.10. The Morgan fingerprint density at radius 1 is 1.09 bits per heavy atom. The van der Waals surface area contributed by atoms with E-state index in [-0.39, 0.29) is 9.92 Å². The number of aromatic nitrogens is 2. The highest BCUT2D eigenvalue weighted by molar-refractivity contribution is 7.91. The third-order valence-corrected chi connectivity index (χ3v) is 5.32. The fourth-order valence-corrected chi connectivity index (χ4v) is 3.83. The molecule has 0 bridgehead atoms. The number of nitrogens with one attached hydrogen (secondary N) is 2. The topological polar surface area (TPSA) is 74.8 Å². The molecule has 3 rings (SSSR count). The normalized spacial score (nSPS) is 11.9. The van der Waals surface area contributed by atoms with Crippen LogP contribution in [0.3, 0.4) is 0 Å². The molecule has 0 spiro atoms. The molecule has 5 nitrogen and oxygen atoms in total. The third-order valence-electron chi connectivity index (χ3n) is 3.60. The van der Waals surface area contributed by atoms with E-state index in [2.05, 4.69) is 15.5 Å². The van der Waals surface area contributed by atoms with Gasteiger partial charge in [0.15, 0.2) is 5.03 Å². The first-order chi connectivity index (χ1) is 10.6. The first kappa shape index (κ1) is 14.7. The Hall–Kier alpha value is -2.18. The standard InChI is InChI=1S/C16H17N3O2S/c1-17-11-10-12-6-5-9-14-15(12)18-19-16(14)22(20,21)13-7-3-2-4-8-13/h2-9,17H,10-11H2,1H3,(H,18,19). The molecule has 0 atom stereocenters. The lowest BCUT2D eigenvalue weighted by atomic mass is 10.1. The smallest absolute Gasteiger partial charge is 0.226 e. The first-order valence-electron chi connectivity index (χ1n) is 7.05. The molecule has 0 aliphatic rings. The van der Waals surface area contributed by atoms with E-state index in [1.54, 1.807) is 36.4 Å². The molecule has 1 heterocycles. The Kier molecular flexibility index (Phi) is 3.96. The molecule has 3 aromatic rings. The molecule has 1 aromatic heterocycles. The van der Waals surface area contributed by atoms with Crippen LogP contribution in [0, 0.1) is 0 Å². The minimum absolute atomic E-state index is 0.0833. The largest absolute Gasteiger partial charge is 0.319 e. The van der Waals surface area contributed by atoms with Crippen molar-refractivity contribution in [1.82, 2.24) is 15.5 Å². The predicted octanol–water partition coefficient (Wildman–Crippen LogP) is 2.16. The van der Waals surface area contributed by atoms with Crippen LogP contribution in [0.4, 0.5) is 0 Å². The van der Waals surface area contributed by atoms with E-state index >= 15 is 0 Å². The lowest BCUT2D eigenvalue weighted by molar-refractivity contribution is 0.593. The van der Waals surface area contributed by atoms with Gasteiger partial charge >= 0.3 is 0 Å². The van der Waals surface area contributed by atoms with Crippen LogP contribution < -0.4 is 5.32 Å². The van der Waals surface area contributed by atoms with Gasteiger partial charge in [-0.05, 0) is 43.8 Å². The predicted molar refractivity (Wildman–Crippen MR) is 85.6 cm³/mol. The second kappa shape index (κ2) is 5.90. The Labute approximate surface area is 129 Å². The fraction of sp³-hybridized carbons (Fsp3) is 0.188. The summed E-state index contributed by atoms with van der Waals surface area (Å²) in [6, 6.07) is 14.0. The zero-order chi connectivity index (χ0) is 15.6. The van der Waals surface area contributed by atoms with Gasteiger partial charge in [-0.2, -0.15) is 5.10 Å². The van der Waals surface area contributed by atoms with Crippen molar-refractivity contribution in [2.75, 3.05) is 13.6 Å². The average Bonchev–Trinajstić information content (AvgIpc) is 2.99. The summed E-state index contributed by atoms with van der Waals surface area (Å²) in [7, 11) is -1.73. The molecule has 0 aliphatic heterocycles. The molecule has 0 radical (unpaired) electrons. The highest BCUT2D eigenvalue weighted by atomic mass is 32.2. The Morgan fingerprint density at radius 3 is 2.59 bits per heavy atom. The summed E-state index contributed by atoms with van der Waals surface area (Å²) < 4.78 is 25.5. The molecule has 2 aromatic carbocycles. The van der Waals surface area contributed by atoms with E-state index in [0.717, 1.165) is 24.0 Å². The molecule has 6 heteroatoms. The Balaban J connectivity index is 2.13. The number of H-pyrrole nitrogens is 1. The molecule has 0 fully saturated rings. The molecular formula is C16H17N3O2S. The summed E-state index contributed by atoms with van der Waals surface area (Å²) >= 11 is 0. The van der Waals surface area contributed by atoms with Gasteiger partial charge < -0.3 is 5.32 Å². The quantitative estimate of drug-likeness (QED) is 0.756. The van der Waals surface area contributed by atoms with E-state index in [9.17, 15) is 8.42 Å². The van der Waals surface area contributed by atoms with Crippen LogP contribution >= 0.6 is 0 Å². The molecule has 2 N–H and O–H groups in total. The molecular weight excluding hydrogens is 298 g/mol. The maximum absolute atomic E-state index is 12.7. The van der Waals surface area contributed by atoms with Gasteiger partial charge in [0.1, 0.15) is 0 Å². The van der Waals surface area contributed by atoms with Crippen molar-refractivity contribution < 1.29 is 8.42 Å². The number of fused-ring (bicyclic) bond motifs is 1. The van der Waals surface area contributed by atoms with Crippen LogP contribution in [0.1, 0.15) is 5.56 Å². The van der Waals surface area contributed by atoms with Crippen molar-refractivity contribution in [3.8, 4) is 0 Å². The molecule has 0 saturated carbocycles. The molecule has 0 aliphatic carbocycles. The molecule has 0 unspecified atom stereocenters. The van der Waals surface area contributed by atoms with Crippen LogP contribution in [0.15, 0.2) is 58.5 Å². The summed E-state index contributed by atoms with van der Waals surface area (Å²) in [4.78, 5) is 0.254. The van der Waals surface area contributed by atoms with Gasteiger partial charge in [0.25, 0.3) is 0 Å². The molecule has 22 heavy (non-hydrogen) atoms. The zero-order valence-corrected chi connectivity index (χ0v) is 13.0. The summed E-state index contributed by atoms with van der Waals surface area (Å²) in [6.07, 6.45) is 0.806. The monoisotopic (exact) mass is 315 g/mol. The fourth-order valence-electron chi connectivity index (χ4n) is 2.46. The van der Waals surface area contributed by atoms with Crippen molar-refractivity contribution in [2.24, 2.45) is 0 Å². The third kappa shape index (κ3) is 2.51. The van der Waals surface area contributed by atoms with Crippen LogP contribution in [0.5, 0.6) is 0 Å². The summed E-state index contributed by atoms with van der Waals surface area (Å²) in [5.74, 6) is 0. The molecule has 114 valence electrons. The van der Waals surface area contributed by atoms with E-state index in [1.807, 2.05) is 19.2 Å². The number of hydrogen-bond acceptors (Lipinski definition) is 4. The van der Waals surface area contributed by atoms with Crippen molar-refractivity contribution in [3.05, 3.63) is 54.1 Å². The Morgan fingerprint density at radius 2 is 1.86 bits per heavy atom. The number of hydrogen-bond donors (Lipinski definition) is 2. The van der Waals surface area contributed by atoms with Gasteiger partial charge in [-0.25, -0.2) is 8.42 Å². The number of rotatable bonds is 5. The Bertz CT molecular complexity index is 886. The van der Waals surface area contributed by atoms with E-state index < -0.39 is 9.84 Å². The van der Waals surface area contributed by atoms with Crippen molar-refractivity contribution in [3.63, 3.8) is 0 Å². The van der Waals surface area contributed by atoms with Crippen molar-refractivity contribution in [1.29, 1.82) is 0 Å². The zero-order valence-electron chi connectivity index (χ0n) is 12.2. The number of likely N-dealkylation sites (N-methyl/N-ethyl adjacent to an activating group) is 1. The van der Waals surface area contributed by atoms with Gasteiger partial charge in [-0.1, -0.05) is 30.3 Å². The highest BCUT2D eigenvalue weighted by Crippen LogP contribution is 2.27. The summed E-state index contributed by atoms with van der Waals surface area (Å²) in [5.41, 5.74) is 1.83. The second-order valence-electron chi connectivity index (χ2n) is 5.04. The van der Waals surface area contributed by atoms with Gasteiger partial charge in [0.05, 0.1) is 10.4 Å². The van der Waals surface area contributed by atoms with E-state index in [1.165, 1.54) is 0 Å². The molecule has 0 amide bonds. The number of sulfone groups is 1. The van der Waals surface area contributed by atoms with Crippen LogP contribution in [-0.2, 0) is 16.3 Å². The van der Waals surface area contributed by atoms with Crippen LogP contribution in [0.2, 0.25) is 0 Å². The second-order valence-corrected chi connectivity index (χ2v) is 6.90. The van der Waals surface area contributed by atoms with Gasteiger partial charge in [0, 0.05) is 5.39 Å². The maximum atomic E-state index is 12.7. The lowest BCUT2D eigenvalue weighted by Gasteiger charge is -2.03. The average molecular weight is 315 g/mol. The number of benzene rings is 2. The van der Waals surface area contributed by atoms with E-state index in [0.29, 0.717) is 5.39 Å². The van der Waals surface area contributed by atoms with Crippen LogP contribution in [-0.4, -0.2) is 32.2 Å². The number of nitrogens with zero attached hydrogens (tertiary/aromatic N) is 1. The van der Waals surface area contributed by atoms with Gasteiger partial charge in [-0.15, -0.1) is 0 Å². The number of para-hydroxylation sites is 1. The maximum Gasteiger partial charge on any atom is 0.226 e. The SMILES string of the molecule is CNCCc1cccc2c(S(=O)(=O)c3ccccc3)n[nH]c12. The van der Waals surface area contributed by atoms with Crippen molar-refractivity contribution in [2.45, 2.75) is 16.3 Å². The summed E-state index contributed by atoms with van der Waals surface area (Å²) in [5, 5.41) is 10.8. The van der Waals surface area contributed by atoms with Crippen molar-refractivity contribution >= 4 is 20.7 Å².